The fraction of sp³-hybridized carbons (Fsp3) is 0.478. The molecule has 1 atom stereocenters. The smallest absolute Gasteiger partial charge is 0.305 e. The molecular formula is C23H33N2O6+. The van der Waals surface area contributed by atoms with Crippen molar-refractivity contribution in [2.75, 3.05) is 34.8 Å². The molecule has 0 saturated carbocycles. The van der Waals surface area contributed by atoms with E-state index in [1.807, 2.05) is 39.3 Å². The van der Waals surface area contributed by atoms with Gasteiger partial charge in [0.1, 0.15) is 18.6 Å². The largest absolute Gasteiger partial charge is 0.493 e. The topological polar surface area (TPSA) is 98.0 Å². The number of hydrogen-bond acceptors (Lipinski definition) is 5. The van der Waals surface area contributed by atoms with E-state index < -0.39 is 12.0 Å². The number of nitrogens with one attached hydrogen (secondary N) is 1. The number of nitrogens with zero attached hydrogens (tertiary/aromatic N) is 1. The first-order chi connectivity index (χ1) is 14.6. The molecule has 0 aliphatic carbocycles. The van der Waals surface area contributed by atoms with Gasteiger partial charge >= 0.3 is 5.97 Å². The zero-order valence-corrected chi connectivity index (χ0v) is 18.9. The maximum Gasteiger partial charge on any atom is 0.305 e. The Hall–Kier alpha value is -3.00. The van der Waals surface area contributed by atoms with Crippen molar-refractivity contribution < 1.29 is 33.1 Å². The highest BCUT2D eigenvalue weighted by atomic mass is 16.5. The highest BCUT2D eigenvalue weighted by molar-refractivity contribution is 5.94. The number of ether oxygens (including phenoxy) is 2. The summed E-state index contributed by atoms with van der Waals surface area (Å²) in [7, 11) is 7.42. The van der Waals surface area contributed by atoms with Gasteiger partial charge < -0.3 is 28.8 Å². The lowest BCUT2D eigenvalue weighted by Gasteiger charge is -2.29. The van der Waals surface area contributed by atoms with Crippen LogP contribution in [-0.2, 0) is 17.8 Å². The molecule has 0 radical (unpaired) electrons. The fourth-order valence-electron chi connectivity index (χ4n) is 3.30. The Bertz CT molecular complexity index is 884. The maximum absolute atomic E-state index is 12.6. The van der Waals surface area contributed by atoms with E-state index in [4.69, 9.17) is 19.0 Å². The molecule has 0 fully saturated rings. The molecule has 0 saturated heterocycles. The standard InChI is InChI=1S/C23H32N2O6/c1-6-7-16-8-9-20(21(10-16)29-5)31-15-19-11-17(14-30-19)23(28)24-18(12-22(26)27)13-25(2,3)4/h8-11,14,18H,6-7,12-13,15H2,1-5H3,(H-,24,26,27,28)/p+1/t18-/m1/s1. The lowest BCUT2D eigenvalue weighted by atomic mass is 10.1. The summed E-state index contributed by atoms with van der Waals surface area (Å²) >= 11 is 0. The zero-order chi connectivity index (χ0) is 23.0. The van der Waals surface area contributed by atoms with Gasteiger partial charge in [0, 0.05) is 0 Å². The van der Waals surface area contributed by atoms with Gasteiger partial charge in [-0.2, -0.15) is 0 Å². The van der Waals surface area contributed by atoms with Crippen LogP contribution in [-0.4, -0.2) is 62.3 Å². The molecule has 8 nitrogen and oxygen atoms in total. The van der Waals surface area contributed by atoms with Crippen LogP contribution in [0.1, 0.15) is 41.4 Å². The van der Waals surface area contributed by atoms with Crippen molar-refractivity contribution >= 4 is 11.9 Å². The second-order valence-corrected chi connectivity index (χ2v) is 8.57. The highest BCUT2D eigenvalue weighted by Crippen LogP contribution is 2.29. The Morgan fingerprint density at radius 2 is 1.94 bits per heavy atom. The van der Waals surface area contributed by atoms with E-state index in [-0.39, 0.29) is 18.9 Å². The minimum atomic E-state index is -0.959. The molecule has 2 N–H and O–H groups in total. The van der Waals surface area contributed by atoms with Crippen molar-refractivity contribution in [2.45, 2.75) is 38.8 Å². The average Bonchev–Trinajstić information content (AvgIpc) is 3.14. The quantitative estimate of drug-likeness (QED) is 0.499. The monoisotopic (exact) mass is 433 g/mol. The van der Waals surface area contributed by atoms with Crippen molar-refractivity contribution in [2.24, 2.45) is 0 Å². The van der Waals surface area contributed by atoms with Crippen LogP contribution in [0.3, 0.4) is 0 Å². The van der Waals surface area contributed by atoms with Gasteiger partial charge in [-0.05, 0) is 30.2 Å². The summed E-state index contributed by atoms with van der Waals surface area (Å²) in [5.41, 5.74) is 1.49. The molecule has 0 spiro atoms. The number of amides is 1. The van der Waals surface area contributed by atoms with Crippen molar-refractivity contribution in [3.63, 3.8) is 0 Å². The minimum Gasteiger partial charge on any atom is -0.493 e. The van der Waals surface area contributed by atoms with Gasteiger partial charge in [0.2, 0.25) is 0 Å². The van der Waals surface area contributed by atoms with E-state index in [2.05, 4.69) is 12.2 Å². The van der Waals surface area contributed by atoms with E-state index in [1.54, 1.807) is 13.2 Å². The molecule has 2 rings (SSSR count). The molecule has 31 heavy (non-hydrogen) atoms. The summed E-state index contributed by atoms with van der Waals surface area (Å²) < 4.78 is 17.2. The molecule has 170 valence electrons. The summed E-state index contributed by atoms with van der Waals surface area (Å²) in [5.74, 6) is 0.378. The Morgan fingerprint density at radius 1 is 1.19 bits per heavy atom. The van der Waals surface area contributed by atoms with E-state index in [9.17, 15) is 9.59 Å². The predicted molar refractivity (Wildman–Crippen MR) is 116 cm³/mol. The second kappa shape index (κ2) is 10.9. The van der Waals surface area contributed by atoms with Crippen LogP contribution in [0.5, 0.6) is 11.5 Å². The van der Waals surface area contributed by atoms with Crippen molar-refractivity contribution in [3.05, 3.63) is 47.4 Å². The molecule has 1 amide bonds. The van der Waals surface area contributed by atoms with E-state index >= 15 is 0 Å². The van der Waals surface area contributed by atoms with E-state index in [0.717, 1.165) is 12.8 Å². The van der Waals surface area contributed by atoms with Gasteiger partial charge in [0.05, 0.1) is 52.8 Å². The average molecular weight is 434 g/mol. The maximum atomic E-state index is 12.6. The molecule has 0 aliphatic rings. The molecule has 0 aliphatic heterocycles. The van der Waals surface area contributed by atoms with Crippen LogP contribution in [0.25, 0.3) is 0 Å². The number of carbonyl (C=O) groups excluding carboxylic acids is 1. The first-order valence-corrected chi connectivity index (χ1v) is 10.3. The Kier molecular flexibility index (Phi) is 8.50. The normalized spacial score (nSPS) is 12.3. The number of benzene rings is 1. The molecule has 1 aromatic carbocycles. The van der Waals surface area contributed by atoms with Gasteiger partial charge in [0.25, 0.3) is 5.91 Å². The predicted octanol–water partition coefficient (Wildman–Crippen LogP) is 3.10. The van der Waals surface area contributed by atoms with Crippen LogP contribution >= 0.6 is 0 Å². The summed E-state index contributed by atoms with van der Waals surface area (Å²) in [5, 5.41) is 11.9. The number of furan rings is 1. The molecule has 1 heterocycles. The van der Waals surface area contributed by atoms with Crippen molar-refractivity contribution in [1.29, 1.82) is 0 Å². The number of aryl methyl sites for hydroxylation is 1. The van der Waals surface area contributed by atoms with Crippen molar-refractivity contribution in [3.8, 4) is 11.5 Å². The van der Waals surface area contributed by atoms with E-state index in [1.165, 1.54) is 11.8 Å². The number of carboxylic acids is 1. The number of likely N-dealkylation sites (N-methyl/N-ethyl adjacent to an activating group) is 1. The number of carbonyl (C=O) groups is 2. The first-order valence-electron chi connectivity index (χ1n) is 10.3. The zero-order valence-electron chi connectivity index (χ0n) is 18.9. The number of aliphatic carboxylic acids is 1. The SMILES string of the molecule is CCCc1ccc(OCc2cc(C(=O)N[C@H](CC(=O)O)C[N+](C)(C)C)co2)c(OC)c1. The summed E-state index contributed by atoms with van der Waals surface area (Å²) in [4.78, 5) is 23.7. The highest BCUT2D eigenvalue weighted by Gasteiger charge is 2.24. The van der Waals surface area contributed by atoms with Crippen LogP contribution in [0.4, 0.5) is 0 Å². The third-order valence-corrected chi connectivity index (χ3v) is 4.58. The van der Waals surface area contributed by atoms with Crippen LogP contribution in [0, 0.1) is 0 Å². The molecule has 8 heteroatoms. The number of hydrogen-bond donors (Lipinski definition) is 2. The van der Waals surface area contributed by atoms with Gasteiger partial charge in [-0.1, -0.05) is 19.4 Å². The van der Waals surface area contributed by atoms with Gasteiger partial charge in [-0.15, -0.1) is 0 Å². The second-order valence-electron chi connectivity index (χ2n) is 8.57. The minimum absolute atomic E-state index is 0.133. The van der Waals surface area contributed by atoms with Crippen LogP contribution in [0.2, 0.25) is 0 Å². The van der Waals surface area contributed by atoms with Gasteiger partial charge in [0.15, 0.2) is 11.5 Å². The first kappa shape index (κ1) is 24.3. The number of carboxylic acid groups (broad SMARTS) is 1. The van der Waals surface area contributed by atoms with E-state index in [0.29, 0.717) is 33.9 Å². The fourth-order valence-corrected chi connectivity index (χ4v) is 3.30. The van der Waals surface area contributed by atoms with Crippen LogP contribution in [0.15, 0.2) is 34.9 Å². The number of methoxy groups -OCH3 is 1. The Morgan fingerprint density at radius 3 is 2.55 bits per heavy atom. The molecule has 1 aromatic heterocycles. The van der Waals surface area contributed by atoms with Crippen molar-refractivity contribution in [1.82, 2.24) is 5.32 Å². The van der Waals surface area contributed by atoms with Crippen LogP contribution < -0.4 is 14.8 Å². The summed E-state index contributed by atoms with van der Waals surface area (Å²) in [6.45, 7) is 2.74. The van der Waals surface area contributed by atoms with Gasteiger partial charge in [-0.25, -0.2) is 0 Å². The lowest BCUT2D eigenvalue weighted by molar-refractivity contribution is -0.871. The molecular weight excluding hydrogens is 400 g/mol. The Balaban J connectivity index is 2.01. The summed E-state index contributed by atoms with van der Waals surface area (Å²) in [6.07, 6.45) is 3.20. The molecule has 0 bridgehead atoms. The van der Waals surface area contributed by atoms with Gasteiger partial charge in [-0.3, -0.25) is 9.59 Å². The number of quaternary nitrogens is 1. The third-order valence-electron chi connectivity index (χ3n) is 4.58. The lowest BCUT2D eigenvalue weighted by Crippen LogP contribution is -2.49. The molecule has 2 aromatic rings. The summed E-state index contributed by atoms with van der Waals surface area (Å²) in [6, 6.07) is 6.92. The third kappa shape index (κ3) is 7.97. The number of rotatable bonds is 12. The molecule has 0 unspecified atom stereocenters. The Labute approximate surface area is 183 Å².